The number of allylic oxidation sites excluding steroid dienone is 1. The number of benzene rings is 1. The molecule has 1 aromatic carbocycles. The Labute approximate surface area is 131 Å². The van der Waals surface area contributed by atoms with Crippen molar-refractivity contribution in [2.24, 2.45) is 0 Å². The van der Waals surface area contributed by atoms with Crippen molar-refractivity contribution in [2.75, 3.05) is 0 Å². The monoisotopic (exact) mass is 295 g/mol. The van der Waals surface area contributed by atoms with Gasteiger partial charge in [-0.1, -0.05) is 50.3 Å². The fourth-order valence-electron chi connectivity index (χ4n) is 2.31. The van der Waals surface area contributed by atoms with Gasteiger partial charge in [-0.3, -0.25) is 9.78 Å². The van der Waals surface area contributed by atoms with E-state index in [2.05, 4.69) is 43.1 Å². The molecule has 0 radical (unpaired) electrons. The van der Waals surface area contributed by atoms with Gasteiger partial charge in [0.25, 0.3) is 0 Å². The van der Waals surface area contributed by atoms with Crippen LogP contribution in [0.15, 0.2) is 54.9 Å². The summed E-state index contributed by atoms with van der Waals surface area (Å²) in [5.41, 5.74) is 4.41. The highest BCUT2D eigenvalue weighted by atomic mass is 16.4. The van der Waals surface area contributed by atoms with Crippen LogP contribution in [-0.2, 0) is 4.79 Å². The highest BCUT2D eigenvalue weighted by Crippen LogP contribution is 2.25. The number of carboxylic acids is 1. The van der Waals surface area contributed by atoms with Gasteiger partial charge in [0, 0.05) is 24.4 Å². The average molecular weight is 295 g/mol. The van der Waals surface area contributed by atoms with Crippen LogP contribution in [0.4, 0.5) is 0 Å². The Morgan fingerprint density at radius 3 is 2.45 bits per heavy atom. The number of rotatable bonds is 6. The molecule has 0 fully saturated rings. The van der Waals surface area contributed by atoms with Crippen LogP contribution in [0.2, 0.25) is 0 Å². The molecular formula is C19H21NO2. The number of hydrogen-bond acceptors (Lipinski definition) is 2. The first-order valence-corrected chi connectivity index (χ1v) is 7.50. The first kappa shape index (κ1) is 16.0. The molecule has 3 nitrogen and oxygen atoms in total. The average Bonchev–Trinajstić information content (AvgIpc) is 2.52. The van der Waals surface area contributed by atoms with Crippen LogP contribution in [0.3, 0.4) is 0 Å². The predicted octanol–water partition coefficient (Wildman–Crippen LogP) is 4.50. The Morgan fingerprint density at radius 2 is 1.91 bits per heavy atom. The number of pyridine rings is 1. The van der Waals surface area contributed by atoms with Gasteiger partial charge in [0.05, 0.1) is 0 Å². The molecule has 1 N–H and O–H groups in total. The van der Waals surface area contributed by atoms with Crippen molar-refractivity contribution in [2.45, 2.75) is 32.6 Å². The van der Waals surface area contributed by atoms with Gasteiger partial charge in [0.15, 0.2) is 0 Å². The van der Waals surface area contributed by atoms with Gasteiger partial charge in [0.1, 0.15) is 0 Å². The van der Waals surface area contributed by atoms with Crippen molar-refractivity contribution in [3.8, 4) is 0 Å². The van der Waals surface area contributed by atoms with Crippen molar-refractivity contribution in [1.82, 2.24) is 4.98 Å². The molecule has 22 heavy (non-hydrogen) atoms. The molecule has 114 valence electrons. The van der Waals surface area contributed by atoms with E-state index in [0.29, 0.717) is 12.3 Å². The second kappa shape index (κ2) is 7.55. The maximum atomic E-state index is 10.7. The van der Waals surface area contributed by atoms with Gasteiger partial charge in [-0.2, -0.15) is 0 Å². The highest BCUT2D eigenvalue weighted by molar-refractivity contribution is 5.79. The van der Waals surface area contributed by atoms with E-state index in [1.54, 1.807) is 6.20 Å². The van der Waals surface area contributed by atoms with Crippen molar-refractivity contribution in [3.63, 3.8) is 0 Å². The van der Waals surface area contributed by atoms with Crippen LogP contribution < -0.4 is 0 Å². The first-order chi connectivity index (χ1) is 10.6. The number of nitrogens with zero attached hydrogens (tertiary/aromatic N) is 1. The summed E-state index contributed by atoms with van der Waals surface area (Å²) < 4.78 is 0. The largest absolute Gasteiger partial charge is 0.481 e. The van der Waals surface area contributed by atoms with Gasteiger partial charge in [-0.25, -0.2) is 0 Å². The van der Waals surface area contributed by atoms with E-state index < -0.39 is 5.97 Å². The standard InChI is InChI=1S/C19H21NO2/c1-14(2)15-8-10-16(11-9-15)18(6-3-7-19(21)22)17-5-4-12-20-13-17/h4-6,8-14H,3,7H2,1-2H3,(H,21,22). The molecule has 2 aromatic rings. The Kier molecular flexibility index (Phi) is 5.48. The molecule has 0 aliphatic rings. The number of hydrogen-bond donors (Lipinski definition) is 1. The molecular weight excluding hydrogens is 274 g/mol. The Hall–Kier alpha value is -2.42. The van der Waals surface area contributed by atoms with E-state index in [1.807, 2.05) is 24.4 Å². The van der Waals surface area contributed by atoms with Gasteiger partial charge in [-0.15, -0.1) is 0 Å². The molecule has 1 aromatic heterocycles. The van der Waals surface area contributed by atoms with Gasteiger partial charge < -0.3 is 5.11 Å². The Balaban J connectivity index is 2.33. The smallest absolute Gasteiger partial charge is 0.303 e. The van der Waals surface area contributed by atoms with Gasteiger partial charge in [0.2, 0.25) is 0 Å². The molecule has 1 heterocycles. The minimum absolute atomic E-state index is 0.133. The molecule has 0 bridgehead atoms. The van der Waals surface area contributed by atoms with Crippen molar-refractivity contribution in [3.05, 3.63) is 71.6 Å². The molecule has 0 aliphatic heterocycles. The lowest BCUT2D eigenvalue weighted by Gasteiger charge is -2.11. The number of aliphatic carboxylic acids is 1. The molecule has 0 amide bonds. The van der Waals surface area contributed by atoms with Gasteiger partial charge >= 0.3 is 5.97 Å². The number of carbonyl (C=O) groups is 1. The van der Waals surface area contributed by atoms with Crippen molar-refractivity contribution < 1.29 is 9.90 Å². The molecule has 0 saturated heterocycles. The predicted molar refractivity (Wildman–Crippen MR) is 88.7 cm³/mol. The number of carboxylic acid groups (broad SMARTS) is 1. The lowest BCUT2D eigenvalue weighted by atomic mass is 9.94. The van der Waals surface area contributed by atoms with E-state index in [1.165, 1.54) is 5.56 Å². The molecule has 0 aliphatic carbocycles. The second-order valence-corrected chi connectivity index (χ2v) is 5.57. The van der Waals surface area contributed by atoms with Crippen LogP contribution in [-0.4, -0.2) is 16.1 Å². The normalized spacial score (nSPS) is 11.7. The molecule has 0 saturated carbocycles. The fourth-order valence-corrected chi connectivity index (χ4v) is 2.31. The molecule has 0 atom stereocenters. The van der Waals surface area contributed by atoms with E-state index in [0.717, 1.165) is 16.7 Å². The van der Waals surface area contributed by atoms with Crippen LogP contribution in [0, 0.1) is 0 Å². The molecule has 2 rings (SSSR count). The summed E-state index contributed by atoms with van der Waals surface area (Å²) in [5, 5.41) is 8.82. The number of aromatic nitrogens is 1. The maximum Gasteiger partial charge on any atom is 0.303 e. The summed E-state index contributed by atoms with van der Waals surface area (Å²) in [6, 6.07) is 12.3. The minimum Gasteiger partial charge on any atom is -0.481 e. The quantitative estimate of drug-likeness (QED) is 0.853. The minimum atomic E-state index is -0.781. The van der Waals surface area contributed by atoms with Crippen LogP contribution in [0.25, 0.3) is 5.57 Å². The summed E-state index contributed by atoms with van der Waals surface area (Å²) in [6.45, 7) is 4.33. The first-order valence-electron chi connectivity index (χ1n) is 7.50. The lowest BCUT2D eigenvalue weighted by Crippen LogP contribution is -1.95. The maximum absolute atomic E-state index is 10.7. The van der Waals surface area contributed by atoms with Crippen molar-refractivity contribution in [1.29, 1.82) is 0 Å². The highest BCUT2D eigenvalue weighted by Gasteiger charge is 2.07. The van der Waals surface area contributed by atoms with E-state index in [4.69, 9.17) is 5.11 Å². The van der Waals surface area contributed by atoms with Crippen LogP contribution >= 0.6 is 0 Å². The van der Waals surface area contributed by atoms with E-state index in [-0.39, 0.29) is 6.42 Å². The second-order valence-electron chi connectivity index (χ2n) is 5.57. The summed E-state index contributed by atoms with van der Waals surface area (Å²) >= 11 is 0. The third-order valence-corrected chi connectivity index (χ3v) is 3.57. The van der Waals surface area contributed by atoms with Gasteiger partial charge in [-0.05, 0) is 35.1 Å². The summed E-state index contributed by atoms with van der Waals surface area (Å²) in [4.78, 5) is 14.9. The third-order valence-electron chi connectivity index (χ3n) is 3.57. The zero-order valence-electron chi connectivity index (χ0n) is 13.0. The molecule has 3 heteroatoms. The fraction of sp³-hybridized carbons (Fsp3) is 0.263. The summed E-state index contributed by atoms with van der Waals surface area (Å²) in [6.07, 6.45) is 6.16. The zero-order chi connectivity index (χ0) is 15.9. The third kappa shape index (κ3) is 4.29. The van der Waals surface area contributed by atoms with E-state index >= 15 is 0 Å². The van der Waals surface area contributed by atoms with Crippen molar-refractivity contribution >= 4 is 11.5 Å². The topological polar surface area (TPSA) is 50.2 Å². The lowest BCUT2D eigenvalue weighted by molar-refractivity contribution is -0.136. The Bertz CT molecular complexity index is 643. The van der Waals surface area contributed by atoms with Crippen LogP contribution in [0.5, 0.6) is 0 Å². The molecule has 0 spiro atoms. The summed E-state index contributed by atoms with van der Waals surface area (Å²) in [5.74, 6) is -0.288. The van der Waals surface area contributed by atoms with E-state index in [9.17, 15) is 4.79 Å². The zero-order valence-corrected chi connectivity index (χ0v) is 13.0. The molecule has 0 unspecified atom stereocenters. The van der Waals surface area contributed by atoms with Crippen LogP contribution in [0.1, 0.15) is 49.3 Å². The Morgan fingerprint density at radius 1 is 1.18 bits per heavy atom. The SMILES string of the molecule is CC(C)c1ccc(C(=CCCC(=O)O)c2cccnc2)cc1. The summed E-state index contributed by atoms with van der Waals surface area (Å²) in [7, 11) is 0.